The van der Waals surface area contributed by atoms with Crippen LogP contribution in [0.2, 0.25) is 0 Å². The molecule has 0 aromatic heterocycles. The highest BCUT2D eigenvalue weighted by atomic mass is 16.5. The van der Waals surface area contributed by atoms with E-state index in [9.17, 15) is 0 Å². The monoisotopic (exact) mass is 283 g/mol. The molecule has 0 spiro atoms. The Morgan fingerprint density at radius 2 is 1.90 bits per heavy atom. The van der Waals surface area contributed by atoms with Crippen molar-refractivity contribution in [3.63, 3.8) is 0 Å². The van der Waals surface area contributed by atoms with Crippen molar-refractivity contribution in [2.24, 2.45) is 0 Å². The average molecular weight is 283 g/mol. The van der Waals surface area contributed by atoms with Crippen LogP contribution in [-0.2, 0) is 6.42 Å². The molecule has 110 valence electrons. The Balaban J connectivity index is 1.79. The van der Waals surface area contributed by atoms with Crippen LogP contribution in [0.15, 0.2) is 36.4 Å². The molecule has 2 aromatic rings. The third-order valence-electron chi connectivity index (χ3n) is 3.83. The van der Waals surface area contributed by atoms with Crippen molar-refractivity contribution in [3.05, 3.63) is 53.1 Å². The SMILES string of the molecule is COc1ccc(C)cc1CC1CNc2ccc(C)cc2O1. The minimum Gasteiger partial charge on any atom is -0.496 e. The number of ether oxygens (including phenoxy) is 2. The minimum atomic E-state index is 0.120. The maximum atomic E-state index is 6.14. The highest BCUT2D eigenvalue weighted by Gasteiger charge is 2.21. The fraction of sp³-hybridized carbons (Fsp3) is 0.333. The van der Waals surface area contributed by atoms with E-state index in [1.807, 2.05) is 6.07 Å². The number of methoxy groups -OCH3 is 1. The van der Waals surface area contributed by atoms with Crippen molar-refractivity contribution in [1.82, 2.24) is 0 Å². The van der Waals surface area contributed by atoms with Gasteiger partial charge in [-0.25, -0.2) is 0 Å². The lowest BCUT2D eigenvalue weighted by Gasteiger charge is -2.28. The highest BCUT2D eigenvalue weighted by molar-refractivity contribution is 5.59. The highest BCUT2D eigenvalue weighted by Crippen LogP contribution is 2.31. The average Bonchev–Trinajstić information content (AvgIpc) is 2.47. The van der Waals surface area contributed by atoms with E-state index in [4.69, 9.17) is 9.47 Å². The summed E-state index contributed by atoms with van der Waals surface area (Å²) in [7, 11) is 1.72. The van der Waals surface area contributed by atoms with Crippen molar-refractivity contribution in [2.75, 3.05) is 19.0 Å². The zero-order chi connectivity index (χ0) is 14.8. The van der Waals surface area contributed by atoms with E-state index in [2.05, 4.69) is 49.5 Å². The number of fused-ring (bicyclic) bond motifs is 1. The van der Waals surface area contributed by atoms with Gasteiger partial charge in [0, 0.05) is 6.42 Å². The van der Waals surface area contributed by atoms with Crippen molar-refractivity contribution in [1.29, 1.82) is 0 Å². The third-order valence-corrected chi connectivity index (χ3v) is 3.83. The van der Waals surface area contributed by atoms with E-state index < -0.39 is 0 Å². The van der Waals surface area contributed by atoms with E-state index in [0.29, 0.717) is 0 Å². The van der Waals surface area contributed by atoms with Crippen LogP contribution >= 0.6 is 0 Å². The summed E-state index contributed by atoms with van der Waals surface area (Å²) in [5, 5.41) is 3.45. The summed E-state index contributed by atoms with van der Waals surface area (Å²) in [6.07, 6.45) is 0.959. The Labute approximate surface area is 125 Å². The maximum absolute atomic E-state index is 6.14. The number of benzene rings is 2. The summed E-state index contributed by atoms with van der Waals surface area (Å²) < 4.78 is 11.6. The molecule has 0 amide bonds. The molecule has 0 saturated carbocycles. The predicted molar refractivity (Wildman–Crippen MR) is 85.5 cm³/mol. The van der Waals surface area contributed by atoms with Crippen LogP contribution in [0, 0.1) is 13.8 Å². The summed E-state index contributed by atoms with van der Waals surface area (Å²) in [5.41, 5.74) is 4.73. The van der Waals surface area contributed by atoms with Crippen molar-refractivity contribution < 1.29 is 9.47 Å². The van der Waals surface area contributed by atoms with Gasteiger partial charge in [-0.2, -0.15) is 0 Å². The zero-order valence-corrected chi connectivity index (χ0v) is 12.8. The summed E-state index contributed by atoms with van der Waals surface area (Å²) in [4.78, 5) is 0. The summed E-state index contributed by atoms with van der Waals surface area (Å²) in [5.74, 6) is 1.87. The standard InChI is InChI=1S/C18H21NO2/c1-12-5-7-17(20-3)14(8-12)10-15-11-19-16-6-4-13(2)9-18(16)21-15/h4-9,15,19H,10-11H2,1-3H3. The molecule has 0 saturated heterocycles. The van der Waals surface area contributed by atoms with Crippen LogP contribution in [0.3, 0.4) is 0 Å². The predicted octanol–water partition coefficient (Wildman–Crippen LogP) is 3.73. The lowest BCUT2D eigenvalue weighted by molar-refractivity contribution is 0.205. The number of aryl methyl sites for hydroxylation is 2. The van der Waals surface area contributed by atoms with Gasteiger partial charge in [-0.1, -0.05) is 23.8 Å². The minimum absolute atomic E-state index is 0.120. The van der Waals surface area contributed by atoms with Gasteiger partial charge in [0.15, 0.2) is 0 Å². The summed E-state index contributed by atoms with van der Waals surface area (Å²) in [6, 6.07) is 12.5. The van der Waals surface area contributed by atoms with E-state index in [1.54, 1.807) is 7.11 Å². The molecular formula is C18H21NO2. The number of anilines is 1. The molecule has 1 heterocycles. The Morgan fingerprint density at radius 3 is 2.71 bits per heavy atom. The van der Waals surface area contributed by atoms with Crippen LogP contribution in [-0.4, -0.2) is 19.8 Å². The molecule has 0 fully saturated rings. The second-order valence-electron chi connectivity index (χ2n) is 5.64. The molecule has 1 N–H and O–H groups in total. The molecule has 3 heteroatoms. The molecule has 3 nitrogen and oxygen atoms in total. The first kappa shape index (κ1) is 13.8. The largest absolute Gasteiger partial charge is 0.496 e. The normalized spacial score (nSPS) is 16.6. The van der Waals surface area contributed by atoms with Crippen molar-refractivity contribution >= 4 is 5.69 Å². The molecule has 0 aliphatic carbocycles. The van der Waals surface area contributed by atoms with Crippen LogP contribution in [0.5, 0.6) is 11.5 Å². The lowest BCUT2D eigenvalue weighted by atomic mass is 10.0. The fourth-order valence-corrected chi connectivity index (χ4v) is 2.74. The molecule has 1 unspecified atom stereocenters. The van der Waals surface area contributed by atoms with Gasteiger partial charge in [0.25, 0.3) is 0 Å². The first-order chi connectivity index (χ1) is 10.2. The first-order valence-corrected chi connectivity index (χ1v) is 7.30. The van der Waals surface area contributed by atoms with E-state index >= 15 is 0 Å². The van der Waals surface area contributed by atoms with Crippen LogP contribution in [0.25, 0.3) is 0 Å². The van der Waals surface area contributed by atoms with Gasteiger partial charge in [0.05, 0.1) is 19.3 Å². The number of hydrogen-bond donors (Lipinski definition) is 1. The second kappa shape index (κ2) is 5.68. The maximum Gasteiger partial charge on any atom is 0.143 e. The molecule has 21 heavy (non-hydrogen) atoms. The Morgan fingerprint density at radius 1 is 1.14 bits per heavy atom. The van der Waals surface area contributed by atoms with Crippen LogP contribution in [0.4, 0.5) is 5.69 Å². The van der Waals surface area contributed by atoms with E-state index in [-0.39, 0.29) is 6.10 Å². The molecular weight excluding hydrogens is 262 g/mol. The van der Waals surface area contributed by atoms with Gasteiger partial charge in [-0.15, -0.1) is 0 Å². The van der Waals surface area contributed by atoms with E-state index in [1.165, 1.54) is 16.7 Å². The summed E-state index contributed by atoms with van der Waals surface area (Å²) >= 11 is 0. The zero-order valence-electron chi connectivity index (χ0n) is 12.8. The van der Waals surface area contributed by atoms with Gasteiger partial charge in [-0.05, 0) is 43.2 Å². The van der Waals surface area contributed by atoms with Crippen LogP contribution in [0.1, 0.15) is 16.7 Å². The second-order valence-corrected chi connectivity index (χ2v) is 5.64. The first-order valence-electron chi connectivity index (χ1n) is 7.30. The smallest absolute Gasteiger partial charge is 0.143 e. The Bertz CT molecular complexity index is 652. The van der Waals surface area contributed by atoms with Crippen LogP contribution < -0.4 is 14.8 Å². The van der Waals surface area contributed by atoms with Gasteiger partial charge < -0.3 is 14.8 Å². The molecule has 0 bridgehead atoms. The fourth-order valence-electron chi connectivity index (χ4n) is 2.74. The molecule has 2 aromatic carbocycles. The van der Waals surface area contributed by atoms with Gasteiger partial charge >= 0.3 is 0 Å². The molecule has 3 rings (SSSR count). The van der Waals surface area contributed by atoms with Crippen molar-refractivity contribution in [3.8, 4) is 11.5 Å². The molecule has 1 aliphatic heterocycles. The third kappa shape index (κ3) is 2.97. The van der Waals surface area contributed by atoms with Gasteiger partial charge in [0.2, 0.25) is 0 Å². The molecule has 1 atom stereocenters. The topological polar surface area (TPSA) is 30.5 Å². The quantitative estimate of drug-likeness (QED) is 0.931. The number of nitrogens with one attached hydrogen (secondary N) is 1. The Hall–Kier alpha value is -2.16. The number of rotatable bonds is 3. The van der Waals surface area contributed by atoms with E-state index in [0.717, 1.165) is 30.2 Å². The Kier molecular flexibility index (Phi) is 3.74. The van der Waals surface area contributed by atoms with Gasteiger partial charge in [0.1, 0.15) is 17.6 Å². The van der Waals surface area contributed by atoms with Crippen molar-refractivity contribution in [2.45, 2.75) is 26.4 Å². The van der Waals surface area contributed by atoms with Gasteiger partial charge in [-0.3, -0.25) is 0 Å². The number of hydrogen-bond acceptors (Lipinski definition) is 3. The lowest BCUT2D eigenvalue weighted by Crippen LogP contribution is -2.32. The molecule has 1 aliphatic rings. The molecule has 0 radical (unpaired) electrons. The summed E-state index contributed by atoms with van der Waals surface area (Å²) in [6.45, 7) is 4.99.